The molecule has 33 heavy (non-hydrogen) atoms. The molecule has 1 amide bonds. The summed E-state index contributed by atoms with van der Waals surface area (Å²) in [5.41, 5.74) is 3.01. The van der Waals surface area contributed by atoms with E-state index in [1.807, 2.05) is 50.2 Å². The first-order valence-electron chi connectivity index (χ1n) is 10.3. The van der Waals surface area contributed by atoms with Gasteiger partial charge >= 0.3 is 5.97 Å². The zero-order valence-corrected chi connectivity index (χ0v) is 21.8. The lowest BCUT2D eigenvalue weighted by atomic mass is 10.1. The van der Waals surface area contributed by atoms with E-state index in [-0.39, 0.29) is 24.8 Å². The normalized spacial score (nSPS) is 14.7. The van der Waals surface area contributed by atoms with Crippen molar-refractivity contribution in [2.75, 3.05) is 20.3 Å². The fraction of sp³-hybridized carbons (Fsp3) is 0.292. The average molecular weight is 550 g/mol. The number of carbonyl (C=O) groups is 2. The van der Waals surface area contributed by atoms with E-state index in [0.717, 1.165) is 11.1 Å². The van der Waals surface area contributed by atoms with Crippen molar-refractivity contribution in [3.8, 4) is 11.5 Å². The first-order chi connectivity index (χ1) is 15.8. The van der Waals surface area contributed by atoms with Crippen LogP contribution in [0.1, 0.15) is 30.0 Å². The van der Waals surface area contributed by atoms with E-state index in [1.54, 1.807) is 6.08 Å². The van der Waals surface area contributed by atoms with E-state index in [2.05, 4.69) is 20.7 Å². The average Bonchev–Trinajstić information content (AvgIpc) is 3.05. The summed E-state index contributed by atoms with van der Waals surface area (Å²) in [6.45, 7) is 4.99. The molecule has 3 rings (SSSR count). The highest BCUT2D eigenvalue weighted by Gasteiger charge is 2.32. The molecule has 2 aromatic carbocycles. The Bertz CT molecular complexity index is 1090. The number of nitrogens with zero attached hydrogens (tertiary/aromatic N) is 1. The van der Waals surface area contributed by atoms with Crippen LogP contribution in [0.25, 0.3) is 6.08 Å². The monoisotopic (exact) mass is 549 g/mol. The lowest BCUT2D eigenvalue weighted by Gasteiger charge is -2.15. The third kappa shape index (κ3) is 6.59. The second kappa shape index (κ2) is 11.7. The minimum atomic E-state index is -0.389. The number of thioether (sulfide) groups is 1. The summed E-state index contributed by atoms with van der Waals surface area (Å²) in [5, 5.41) is 0. The van der Waals surface area contributed by atoms with Gasteiger partial charge in [-0.25, -0.2) is 0 Å². The molecule has 1 fully saturated rings. The number of ether oxygens (including phenoxy) is 3. The number of thiocarbonyl (C=S) groups is 1. The van der Waals surface area contributed by atoms with Crippen LogP contribution in [0.4, 0.5) is 0 Å². The molecule has 6 nitrogen and oxygen atoms in total. The minimum absolute atomic E-state index is 0.0866. The van der Waals surface area contributed by atoms with Crippen LogP contribution in [-0.2, 0) is 20.9 Å². The highest BCUT2D eigenvalue weighted by molar-refractivity contribution is 9.10. The zero-order valence-electron chi connectivity index (χ0n) is 18.6. The molecule has 1 aliphatic heterocycles. The summed E-state index contributed by atoms with van der Waals surface area (Å²) in [4.78, 5) is 26.1. The zero-order chi connectivity index (χ0) is 24.0. The third-order valence-corrected chi connectivity index (χ3v) is 6.74. The maximum absolute atomic E-state index is 12.8. The Kier molecular flexibility index (Phi) is 8.94. The van der Waals surface area contributed by atoms with Gasteiger partial charge in [-0.2, -0.15) is 0 Å². The Hall–Kier alpha value is -2.36. The number of amides is 1. The summed E-state index contributed by atoms with van der Waals surface area (Å²) >= 11 is 10.1. The van der Waals surface area contributed by atoms with Crippen LogP contribution >= 0.6 is 39.9 Å². The van der Waals surface area contributed by atoms with Gasteiger partial charge in [0, 0.05) is 6.54 Å². The highest BCUT2D eigenvalue weighted by Crippen LogP contribution is 2.39. The summed E-state index contributed by atoms with van der Waals surface area (Å²) in [7, 11) is 1.31. The number of esters is 1. The number of carbonyl (C=O) groups excluding carboxylic acids is 2. The molecule has 0 atom stereocenters. The van der Waals surface area contributed by atoms with Gasteiger partial charge in [-0.3, -0.25) is 14.5 Å². The first kappa shape index (κ1) is 25.3. The predicted octanol–water partition coefficient (Wildman–Crippen LogP) is 5.50. The summed E-state index contributed by atoms with van der Waals surface area (Å²) in [6, 6.07) is 11.8. The summed E-state index contributed by atoms with van der Waals surface area (Å²) in [6.07, 6.45) is 1.84. The molecule has 9 heteroatoms. The van der Waals surface area contributed by atoms with E-state index in [9.17, 15) is 9.59 Å². The van der Waals surface area contributed by atoms with E-state index < -0.39 is 0 Å². The molecule has 0 unspecified atom stereocenters. The number of hydrogen-bond acceptors (Lipinski definition) is 7. The molecule has 2 aromatic rings. The molecule has 0 aliphatic carbocycles. The van der Waals surface area contributed by atoms with Crippen LogP contribution < -0.4 is 9.47 Å². The SMILES string of the molecule is CCOc1cc(/C=C2\SC(=S)N(CCC(=O)OC)C2=O)cc(Br)c1OCc1ccc(C)cc1. The van der Waals surface area contributed by atoms with Gasteiger partial charge in [0.2, 0.25) is 0 Å². The highest BCUT2D eigenvalue weighted by atomic mass is 79.9. The molecule has 174 valence electrons. The minimum Gasteiger partial charge on any atom is -0.490 e. The molecule has 0 spiro atoms. The van der Waals surface area contributed by atoms with Gasteiger partial charge in [0.25, 0.3) is 5.91 Å². The van der Waals surface area contributed by atoms with E-state index in [1.165, 1.54) is 29.3 Å². The number of benzene rings is 2. The molecule has 0 N–H and O–H groups in total. The van der Waals surface area contributed by atoms with Crippen LogP contribution in [0.5, 0.6) is 11.5 Å². The Balaban J connectivity index is 1.80. The van der Waals surface area contributed by atoms with Crippen molar-refractivity contribution >= 4 is 62.2 Å². The first-order valence-corrected chi connectivity index (χ1v) is 12.3. The fourth-order valence-corrected chi connectivity index (χ4v) is 4.95. The lowest BCUT2D eigenvalue weighted by Crippen LogP contribution is -2.30. The van der Waals surface area contributed by atoms with E-state index >= 15 is 0 Å². The number of methoxy groups -OCH3 is 1. The molecule has 0 saturated carbocycles. The molecular formula is C24H24BrNO5S2. The standard InChI is InChI=1S/C24H24BrNO5S2/c1-4-30-19-12-17(11-18(25)22(19)31-14-16-7-5-15(2)6-8-16)13-20-23(28)26(24(32)33-20)10-9-21(27)29-3/h5-8,11-13H,4,9-10,14H2,1-3H3/b20-13-. The number of hydrogen-bond donors (Lipinski definition) is 0. The second-order valence-corrected chi connectivity index (χ2v) is 9.73. The molecule has 1 heterocycles. The Morgan fingerprint density at radius 2 is 1.94 bits per heavy atom. The predicted molar refractivity (Wildman–Crippen MR) is 137 cm³/mol. The van der Waals surface area contributed by atoms with Gasteiger partial charge in [-0.15, -0.1) is 0 Å². The van der Waals surface area contributed by atoms with Crippen LogP contribution in [0.2, 0.25) is 0 Å². The van der Waals surface area contributed by atoms with E-state index in [0.29, 0.717) is 38.4 Å². The van der Waals surface area contributed by atoms with Crippen molar-refractivity contribution in [1.29, 1.82) is 0 Å². The third-order valence-electron chi connectivity index (χ3n) is 4.77. The smallest absolute Gasteiger partial charge is 0.307 e. The van der Waals surface area contributed by atoms with Crippen molar-refractivity contribution in [3.05, 3.63) is 62.5 Å². The number of aryl methyl sites for hydroxylation is 1. The van der Waals surface area contributed by atoms with Crippen molar-refractivity contribution in [3.63, 3.8) is 0 Å². The molecule has 0 aromatic heterocycles. The van der Waals surface area contributed by atoms with Crippen LogP contribution in [0.3, 0.4) is 0 Å². The quantitative estimate of drug-likeness (QED) is 0.232. The number of halogens is 1. The largest absolute Gasteiger partial charge is 0.490 e. The fourth-order valence-electron chi connectivity index (χ4n) is 3.06. The van der Waals surface area contributed by atoms with Gasteiger partial charge < -0.3 is 14.2 Å². The van der Waals surface area contributed by atoms with Gasteiger partial charge in [0.05, 0.1) is 29.5 Å². The van der Waals surface area contributed by atoms with Crippen molar-refractivity contribution in [2.24, 2.45) is 0 Å². The molecular weight excluding hydrogens is 526 g/mol. The topological polar surface area (TPSA) is 65.1 Å². The van der Waals surface area contributed by atoms with Gasteiger partial charge in [0.15, 0.2) is 11.5 Å². The maximum Gasteiger partial charge on any atom is 0.307 e. The Labute approximate surface area is 211 Å². The van der Waals surface area contributed by atoms with Gasteiger partial charge in [-0.1, -0.05) is 53.8 Å². The lowest BCUT2D eigenvalue weighted by molar-refractivity contribution is -0.140. The van der Waals surface area contributed by atoms with E-state index in [4.69, 9.17) is 21.7 Å². The second-order valence-electron chi connectivity index (χ2n) is 7.20. The van der Waals surface area contributed by atoms with Crippen LogP contribution in [-0.4, -0.2) is 41.4 Å². The molecule has 1 aliphatic rings. The van der Waals surface area contributed by atoms with Crippen molar-refractivity contribution < 1.29 is 23.8 Å². The Morgan fingerprint density at radius 3 is 2.61 bits per heavy atom. The molecule has 0 radical (unpaired) electrons. The summed E-state index contributed by atoms with van der Waals surface area (Å²) < 4.78 is 17.6. The van der Waals surface area contributed by atoms with Crippen LogP contribution in [0.15, 0.2) is 45.8 Å². The Morgan fingerprint density at radius 1 is 1.21 bits per heavy atom. The summed E-state index contributed by atoms with van der Waals surface area (Å²) in [5.74, 6) is 0.550. The maximum atomic E-state index is 12.8. The van der Waals surface area contributed by atoms with Gasteiger partial charge in [0.1, 0.15) is 10.9 Å². The van der Waals surface area contributed by atoms with Crippen molar-refractivity contribution in [2.45, 2.75) is 26.9 Å². The van der Waals surface area contributed by atoms with Crippen LogP contribution in [0, 0.1) is 6.92 Å². The van der Waals surface area contributed by atoms with Crippen molar-refractivity contribution in [1.82, 2.24) is 4.90 Å². The van der Waals surface area contributed by atoms with Gasteiger partial charge in [-0.05, 0) is 59.1 Å². The molecule has 1 saturated heterocycles. The molecule has 0 bridgehead atoms. The number of rotatable bonds is 9.